The third-order valence-electron chi connectivity index (χ3n) is 7.42. The molecular weight excluding hydrogens is 468 g/mol. The zero-order valence-corrected chi connectivity index (χ0v) is 23.5. The molecule has 1 aromatic heterocycles. The van der Waals surface area contributed by atoms with E-state index in [1.807, 2.05) is 38.1 Å². The minimum absolute atomic E-state index is 0.177. The lowest BCUT2D eigenvalue weighted by atomic mass is 9.86. The van der Waals surface area contributed by atoms with E-state index < -0.39 is 30.1 Å². The second-order valence-corrected chi connectivity index (χ2v) is 11.9. The van der Waals surface area contributed by atoms with Crippen LogP contribution in [0.4, 0.5) is 0 Å². The van der Waals surface area contributed by atoms with E-state index in [0.717, 1.165) is 41.6 Å². The average Bonchev–Trinajstić information content (AvgIpc) is 3.40. The first-order chi connectivity index (χ1) is 17.4. The Hall–Kier alpha value is -2.60. The predicted molar refractivity (Wildman–Crippen MR) is 145 cm³/mol. The first kappa shape index (κ1) is 29.0. The van der Waals surface area contributed by atoms with E-state index in [9.17, 15) is 14.7 Å². The molecule has 3 rings (SSSR count). The summed E-state index contributed by atoms with van der Waals surface area (Å²) in [6.45, 7) is 14.0. The molecule has 3 atom stereocenters. The van der Waals surface area contributed by atoms with E-state index in [2.05, 4.69) is 33.8 Å². The number of aliphatic hydroxyl groups is 1. The van der Waals surface area contributed by atoms with E-state index >= 15 is 0 Å². The maximum absolute atomic E-state index is 12.9. The number of benzene rings is 1. The van der Waals surface area contributed by atoms with Crippen molar-refractivity contribution in [3.05, 3.63) is 47.2 Å². The van der Waals surface area contributed by atoms with Gasteiger partial charge >= 0.3 is 11.9 Å². The Labute approximate surface area is 221 Å². The standard InChI is InChI=1S/C31H44O6/c1-19(2)12-24(13-20(3)4)9-10-25-16-31(17-32,37-30(25)34)18-35-29(33)23(7)22(6)28-15-26-14-21(5)8-11-27(26)36-28/h8,10-11,14-15,19-20,22-24,32H,9,12-13,16-18H2,1-7H3/b25-10+/t22-,23-,31-/m1/s1. The van der Waals surface area contributed by atoms with Crippen molar-refractivity contribution in [3.8, 4) is 0 Å². The van der Waals surface area contributed by atoms with Gasteiger partial charge in [-0.05, 0) is 62.1 Å². The average molecular weight is 513 g/mol. The molecule has 2 aromatic rings. The summed E-state index contributed by atoms with van der Waals surface area (Å²) in [5, 5.41) is 11.1. The number of carbonyl (C=O) groups is 2. The fourth-order valence-electron chi connectivity index (χ4n) is 5.21. The number of cyclic esters (lactones) is 1. The molecule has 0 amide bonds. The molecule has 0 radical (unpaired) electrons. The van der Waals surface area contributed by atoms with E-state index in [4.69, 9.17) is 13.9 Å². The number of carbonyl (C=O) groups excluding carboxylic acids is 2. The Morgan fingerprint density at radius 1 is 1.11 bits per heavy atom. The van der Waals surface area contributed by atoms with Crippen LogP contribution in [0.2, 0.25) is 0 Å². The van der Waals surface area contributed by atoms with Crippen LogP contribution in [0.3, 0.4) is 0 Å². The van der Waals surface area contributed by atoms with Gasteiger partial charge in [-0.2, -0.15) is 0 Å². The molecule has 0 unspecified atom stereocenters. The minimum Gasteiger partial charge on any atom is -0.461 e. The summed E-state index contributed by atoms with van der Waals surface area (Å²) in [7, 11) is 0. The Morgan fingerprint density at radius 3 is 2.41 bits per heavy atom. The van der Waals surface area contributed by atoms with Crippen LogP contribution in [-0.4, -0.2) is 35.9 Å². The number of hydrogen-bond acceptors (Lipinski definition) is 6. The molecule has 0 saturated carbocycles. The summed E-state index contributed by atoms with van der Waals surface area (Å²) in [5.74, 6) is 0.853. The maximum atomic E-state index is 12.9. The summed E-state index contributed by atoms with van der Waals surface area (Å²) in [5.41, 5.74) is 1.25. The highest BCUT2D eigenvalue weighted by molar-refractivity contribution is 5.91. The summed E-state index contributed by atoms with van der Waals surface area (Å²) in [6.07, 6.45) is 5.19. The van der Waals surface area contributed by atoms with Gasteiger partial charge in [0.05, 0.1) is 12.5 Å². The van der Waals surface area contributed by atoms with Gasteiger partial charge in [-0.25, -0.2) is 4.79 Å². The van der Waals surface area contributed by atoms with Crippen LogP contribution in [0.5, 0.6) is 0 Å². The minimum atomic E-state index is -1.23. The fourth-order valence-corrected chi connectivity index (χ4v) is 5.21. The van der Waals surface area contributed by atoms with Gasteiger partial charge < -0.3 is 19.0 Å². The molecular formula is C31H44O6. The zero-order valence-electron chi connectivity index (χ0n) is 23.5. The van der Waals surface area contributed by atoms with Crippen molar-refractivity contribution >= 4 is 22.9 Å². The van der Waals surface area contributed by atoms with Crippen LogP contribution >= 0.6 is 0 Å². The molecule has 37 heavy (non-hydrogen) atoms. The zero-order chi connectivity index (χ0) is 27.3. The number of esters is 2. The van der Waals surface area contributed by atoms with Crippen molar-refractivity contribution in [2.75, 3.05) is 13.2 Å². The molecule has 6 nitrogen and oxygen atoms in total. The lowest BCUT2D eigenvalue weighted by Gasteiger charge is -2.25. The van der Waals surface area contributed by atoms with Crippen molar-refractivity contribution in [3.63, 3.8) is 0 Å². The SMILES string of the molecule is Cc1ccc2oc([C@H](C)[C@@H](C)C(=O)OC[C@]3(CO)C/C(=C\CC(CC(C)C)CC(C)C)C(=O)O3)cc2c1. The molecule has 0 aliphatic carbocycles. The van der Waals surface area contributed by atoms with Crippen molar-refractivity contribution in [1.29, 1.82) is 0 Å². The van der Waals surface area contributed by atoms with Crippen LogP contribution in [0, 0.1) is 30.6 Å². The summed E-state index contributed by atoms with van der Waals surface area (Å²) in [4.78, 5) is 25.6. The highest BCUT2D eigenvalue weighted by Crippen LogP contribution is 2.35. The highest BCUT2D eigenvalue weighted by Gasteiger charge is 2.45. The second kappa shape index (κ2) is 12.3. The number of hydrogen-bond donors (Lipinski definition) is 1. The van der Waals surface area contributed by atoms with Crippen molar-refractivity contribution < 1.29 is 28.6 Å². The van der Waals surface area contributed by atoms with E-state index in [0.29, 0.717) is 23.3 Å². The Kier molecular flexibility index (Phi) is 9.63. The lowest BCUT2D eigenvalue weighted by Crippen LogP contribution is -2.40. The number of aryl methyl sites for hydroxylation is 1. The second-order valence-electron chi connectivity index (χ2n) is 11.9. The third-order valence-corrected chi connectivity index (χ3v) is 7.42. The molecule has 6 heteroatoms. The largest absolute Gasteiger partial charge is 0.461 e. The maximum Gasteiger partial charge on any atom is 0.334 e. The Bertz CT molecular complexity index is 1100. The van der Waals surface area contributed by atoms with Gasteiger partial charge in [-0.15, -0.1) is 0 Å². The fraction of sp³-hybridized carbons (Fsp3) is 0.613. The smallest absolute Gasteiger partial charge is 0.334 e. The van der Waals surface area contributed by atoms with Crippen LogP contribution in [-0.2, 0) is 19.1 Å². The van der Waals surface area contributed by atoms with Gasteiger partial charge in [0.15, 0.2) is 5.60 Å². The van der Waals surface area contributed by atoms with Crippen LogP contribution in [0.1, 0.15) is 84.5 Å². The summed E-state index contributed by atoms with van der Waals surface area (Å²) < 4.78 is 17.2. The molecule has 1 aromatic carbocycles. The summed E-state index contributed by atoms with van der Waals surface area (Å²) in [6, 6.07) is 7.94. The number of allylic oxidation sites excluding steroid dienone is 1. The molecule has 2 heterocycles. The molecule has 204 valence electrons. The first-order valence-corrected chi connectivity index (χ1v) is 13.6. The predicted octanol–water partition coefficient (Wildman–Crippen LogP) is 6.73. The number of fused-ring (bicyclic) bond motifs is 1. The number of furan rings is 1. The number of ether oxygens (including phenoxy) is 2. The molecule has 0 bridgehead atoms. The molecule has 1 aliphatic rings. The van der Waals surface area contributed by atoms with Gasteiger partial charge in [-0.3, -0.25) is 4.79 Å². The molecule has 1 aliphatic heterocycles. The van der Waals surface area contributed by atoms with Gasteiger partial charge in [0.1, 0.15) is 18.0 Å². The third kappa shape index (κ3) is 7.47. The number of aliphatic hydroxyl groups excluding tert-OH is 1. The quantitative estimate of drug-likeness (QED) is 0.251. The van der Waals surface area contributed by atoms with Crippen LogP contribution in [0.25, 0.3) is 11.0 Å². The van der Waals surface area contributed by atoms with Gasteiger partial charge in [0.25, 0.3) is 0 Å². The van der Waals surface area contributed by atoms with Gasteiger partial charge in [-0.1, -0.05) is 59.2 Å². The normalized spacial score (nSPS) is 20.8. The highest BCUT2D eigenvalue weighted by atomic mass is 16.6. The topological polar surface area (TPSA) is 86.0 Å². The van der Waals surface area contributed by atoms with E-state index in [-0.39, 0.29) is 18.9 Å². The Balaban J connectivity index is 1.62. The Morgan fingerprint density at radius 2 is 1.78 bits per heavy atom. The van der Waals surface area contributed by atoms with Crippen LogP contribution in [0.15, 0.2) is 40.3 Å². The molecule has 1 N–H and O–H groups in total. The first-order valence-electron chi connectivity index (χ1n) is 13.6. The molecule has 1 saturated heterocycles. The summed E-state index contributed by atoms with van der Waals surface area (Å²) >= 11 is 0. The van der Waals surface area contributed by atoms with Crippen molar-refractivity contribution in [2.45, 2.75) is 85.7 Å². The van der Waals surface area contributed by atoms with Crippen molar-refractivity contribution in [1.82, 2.24) is 0 Å². The lowest BCUT2D eigenvalue weighted by molar-refractivity contribution is -0.168. The van der Waals surface area contributed by atoms with Gasteiger partial charge in [0.2, 0.25) is 0 Å². The van der Waals surface area contributed by atoms with Gasteiger partial charge in [0, 0.05) is 23.3 Å². The molecule has 0 spiro atoms. The van der Waals surface area contributed by atoms with E-state index in [1.165, 1.54) is 0 Å². The number of rotatable bonds is 12. The van der Waals surface area contributed by atoms with Crippen LogP contribution < -0.4 is 0 Å². The van der Waals surface area contributed by atoms with Crippen molar-refractivity contribution in [2.24, 2.45) is 23.7 Å². The van der Waals surface area contributed by atoms with E-state index in [1.54, 1.807) is 6.92 Å². The monoisotopic (exact) mass is 512 g/mol. The molecule has 1 fully saturated rings.